The Bertz CT molecular complexity index is 450. The Hall–Kier alpha value is -1.31. The largest absolute Gasteiger partial charge is 0.384 e. The lowest BCUT2D eigenvalue weighted by Crippen LogP contribution is -2.20. The third-order valence-corrected chi connectivity index (χ3v) is 3.67. The van der Waals surface area contributed by atoms with Crippen LogP contribution >= 0.6 is 0 Å². The van der Waals surface area contributed by atoms with E-state index in [0.717, 1.165) is 24.2 Å². The molecule has 0 heterocycles. The molecule has 0 fully saturated rings. The number of hydrogen-bond acceptors (Lipinski definition) is 1. The molecule has 1 aliphatic carbocycles. The monoisotopic (exact) mass is 247 g/mol. The first-order valence-corrected chi connectivity index (χ1v) is 6.72. The molecule has 1 N–H and O–H groups in total. The number of benzene rings is 1. The third-order valence-electron chi connectivity index (χ3n) is 3.67. The van der Waals surface area contributed by atoms with Gasteiger partial charge in [0.15, 0.2) is 0 Å². The van der Waals surface area contributed by atoms with E-state index in [2.05, 4.69) is 25.2 Å². The Morgan fingerprint density at radius 1 is 1.33 bits per heavy atom. The maximum Gasteiger partial charge on any atom is 0.125 e. The van der Waals surface area contributed by atoms with E-state index in [4.69, 9.17) is 0 Å². The molecule has 0 spiro atoms. The van der Waals surface area contributed by atoms with Crippen LogP contribution in [0.4, 0.5) is 10.1 Å². The van der Waals surface area contributed by atoms with Crippen LogP contribution in [0.25, 0.3) is 0 Å². The third kappa shape index (κ3) is 3.34. The molecule has 0 aromatic heterocycles. The molecule has 2 atom stereocenters. The second-order valence-corrected chi connectivity index (χ2v) is 5.64. The second kappa shape index (κ2) is 5.55. The van der Waals surface area contributed by atoms with Gasteiger partial charge in [0.1, 0.15) is 5.82 Å². The molecule has 1 nitrogen and oxygen atoms in total. The molecule has 18 heavy (non-hydrogen) atoms. The summed E-state index contributed by atoms with van der Waals surface area (Å²) in [5.41, 5.74) is 3.51. The lowest BCUT2D eigenvalue weighted by atomic mass is 9.83. The van der Waals surface area contributed by atoms with Crippen molar-refractivity contribution in [2.45, 2.75) is 33.6 Å². The van der Waals surface area contributed by atoms with E-state index in [9.17, 15) is 4.39 Å². The van der Waals surface area contributed by atoms with E-state index in [1.807, 2.05) is 13.0 Å². The summed E-state index contributed by atoms with van der Waals surface area (Å²) in [6, 6.07) is 4.92. The van der Waals surface area contributed by atoms with Crippen molar-refractivity contribution in [3.63, 3.8) is 0 Å². The zero-order valence-electron chi connectivity index (χ0n) is 11.5. The number of halogens is 1. The van der Waals surface area contributed by atoms with Gasteiger partial charge >= 0.3 is 0 Å². The molecule has 98 valence electrons. The van der Waals surface area contributed by atoms with Gasteiger partial charge < -0.3 is 5.32 Å². The van der Waals surface area contributed by atoms with Crippen LogP contribution in [0.3, 0.4) is 0 Å². The van der Waals surface area contributed by atoms with Crippen molar-refractivity contribution in [1.29, 1.82) is 0 Å². The number of anilines is 1. The minimum atomic E-state index is -0.170. The van der Waals surface area contributed by atoms with Crippen LogP contribution in [-0.4, -0.2) is 6.54 Å². The van der Waals surface area contributed by atoms with Gasteiger partial charge in [0.05, 0.1) is 0 Å². The molecule has 2 unspecified atom stereocenters. The van der Waals surface area contributed by atoms with Crippen LogP contribution in [0.5, 0.6) is 0 Å². The maximum absolute atomic E-state index is 13.2. The van der Waals surface area contributed by atoms with Gasteiger partial charge in [-0.1, -0.05) is 24.6 Å². The standard InChI is InChI=1S/C16H22FN/c1-11-6-12(2)8-14(7-11)10-18-16-9-15(17)5-4-13(16)3/h4-6,9,11,14,18H,7-8,10H2,1-3H3. The lowest BCUT2D eigenvalue weighted by Gasteiger charge is -2.26. The van der Waals surface area contributed by atoms with E-state index in [1.54, 1.807) is 6.07 Å². The molecule has 0 radical (unpaired) electrons. The van der Waals surface area contributed by atoms with Gasteiger partial charge in [-0.05, 0) is 56.2 Å². The quantitative estimate of drug-likeness (QED) is 0.773. The number of nitrogens with one attached hydrogen (secondary N) is 1. The molecule has 2 heteroatoms. The van der Waals surface area contributed by atoms with Crippen molar-refractivity contribution in [2.24, 2.45) is 11.8 Å². The molecular formula is C16H22FN. The second-order valence-electron chi connectivity index (χ2n) is 5.64. The Morgan fingerprint density at radius 3 is 2.83 bits per heavy atom. The molecule has 0 bridgehead atoms. The molecule has 1 aromatic rings. The zero-order chi connectivity index (χ0) is 13.1. The Morgan fingerprint density at radius 2 is 2.11 bits per heavy atom. The minimum Gasteiger partial charge on any atom is -0.384 e. The summed E-state index contributed by atoms with van der Waals surface area (Å²) in [5, 5.41) is 3.40. The lowest BCUT2D eigenvalue weighted by molar-refractivity contribution is 0.421. The Kier molecular flexibility index (Phi) is 4.05. The van der Waals surface area contributed by atoms with Crippen LogP contribution in [0, 0.1) is 24.6 Å². The Balaban J connectivity index is 1.96. The fourth-order valence-corrected chi connectivity index (χ4v) is 2.88. The van der Waals surface area contributed by atoms with E-state index in [-0.39, 0.29) is 5.82 Å². The number of allylic oxidation sites excluding steroid dienone is 2. The smallest absolute Gasteiger partial charge is 0.125 e. The van der Waals surface area contributed by atoms with Gasteiger partial charge in [-0.2, -0.15) is 0 Å². The predicted octanol–water partition coefficient (Wildman–Crippen LogP) is 4.54. The normalized spacial score (nSPS) is 23.7. The van der Waals surface area contributed by atoms with Crippen molar-refractivity contribution in [3.05, 3.63) is 41.2 Å². The fourth-order valence-electron chi connectivity index (χ4n) is 2.88. The van der Waals surface area contributed by atoms with Gasteiger partial charge in [-0.15, -0.1) is 0 Å². The molecule has 0 saturated heterocycles. The fraction of sp³-hybridized carbons (Fsp3) is 0.500. The SMILES string of the molecule is CC1=CC(C)CC(CNc2cc(F)ccc2C)C1. The predicted molar refractivity (Wildman–Crippen MR) is 75.3 cm³/mol. The van der Waals surface area contributed by atoms with Crippen LogP contribution in [0.2, 0.25) is 0 Å². The average molecular weight is 247 g/mol. The van der Waals surface area contributed by atoms with Crippen molar-refractivity contribution in [1.82, 2.24) is 0 Å². The molecule has 1 aliphatic rings. The topological polar surface area (TPSA) is 12.0 Å². The summed E-state index contributed by atoms with van der Waals surface area (Å²) in [7, 11) is 0. The summed E-state index contributed by atoms with van der Waals surface area (Å²) in [6.07, 6.45) is 4.74. The number of aryl methyl sites for hydroxylation is 1. The zero-order valence-corrected chi connectivity index (χ0v) is 11.5. The average Bonchev–Trinajstić information content (AvgIpc) is 2.29. The maximum atomic E-state index is 13.2. The van der Waals surface area contributed by atoms with E-state index < -0.39 is 0 Å². The first-order valence-electron chi connectivity index (χ1n) is 6.72. The van der Waals surface area contributed by atoms with Gasteiger partial charge in [-0.3, -0.25) is 0 Å². The highest BCUT2D eigenvalue weighted by molar-refractivity contribution is 5.50. The van der Waals surface area contributed by atoms with E-state index in [1.165, 1.54) is 18.1 Å². The van der Waals surface area contributed by atoms with Gasteiger partial charge in [-0.25, -0.2) is 4.39 Å². The minimum absolute atomic E-state index is 0.170. The highest BCUT2D eigenvalue weighted by Crippen LogP contribution is 2.28. The first kappa shape index (κ1) is 13.1. The van der Waals surface area contributed by atoms with Crippen molar-refractivity contribution >= 4 is 5.69 Å². The summed E-state index contributed by atoms with van der Waals surface area (Å²) in [4.78, 5) is 0. The molecule has 2 rings (SSSR count). The van der Waals surface area contributed by atoms with Gasteiger partial charge in [0.25, 0.3) is 0 Å². The van der Waals surface area contributed by atoms with Crippen LogP contribution < -0.4 is 5.32 Å². The molecular weight excluding hydrogens is 225 g/mol. The molecule has 0 amide bonds. The first-order chi connectivity index (χ1) is 8.54. The number of rotatable bonds is 3. The molecule has 0 aliphatic heterocycles. The van der Waals surface area contributed by atoms with E-state index >= 15 is 0 Å². The van der Waals surface area contributed by atoms with Crippen molar-refractivity contribution in [2.75, 3.05) is 11.9 Å². The highest BCUT2D eigenvalue weighted by atomic mass is 19.1. The summed E-state index contributed by atoms with van der Waals surface area (Å²) >= 11 is 0. The van der Waals surface area contributed by atoms with Gasteiger partial charge in [0.2, 0.25) is 0 Å². The van der Waals surface area contributed by atoms with E-state index in [0.29, 0.717) is 11.8 Å². The summed E-state index contributed by atoms with van der Waals surface area (Å²) in [5.74, 6) is 1.16. The van der Waals surface area contributed by atoms with Crippen molar-refractivity contribution in [3.8, 4) is 0 Å². The molecule has 1 aromatic carbocycles. The van der Waals surface area contributed by atoms with Crippen LogP contribution in [0.15, 0.2) is 29.8 Å². The Labute approximate surface area is 109 Å². The van der Waals surface area contributed by atoms with Crippen molar-refractivity contribution < 1.29 is 4.39 Å². The van der Waals surface area contributed by atoms with Gasteiger partial charge in [0, 0.05) is 12.2 Å². The van der Waals surface area contributed by atoms with Crippen LogP contribution in [-0.2, 0) is 0 Å². The summed E-state index contributed by atoms with van der Waals surface area (Å²) in [6.45, 7) is 7.41. The van der Waals surface area contributed by atoms with Crippen LogP contribution in [0.1, 0.15) is 32.3 Å². The summed E-state index contributed by atoms with van der Waals surface area (Å²) < 4.78 is 13.2. The number of hydrogen-bond donors (Lipinski definition) is 1. The molecule has 0 saturated carbocycles. The highest BCUT2D eigenvalue weighted by Gasteiger charge is 2.17.